The van der Waals surface area contributed by atoms with Crippen LogP contribution in [0.4, 0.5) is 0 Å². The van der Waals surface area contributed by atoms with Crippen molar-refractivity contribution in [3.8, 4) is 0 Å². The monoisotopic (exact) mass is 458 g/mol. The number of aliphatic hydroxyl groups is 3. The number of hydrogen-bond donors (Lipinski definition) is 3. The van der Waals surface area contributed by atoms with E-state index in [1.54, 1.807) is 5.57 Å². The lowest BCUT2D eigenvalue weighted by Gasteiger charge is -2.71. The average molecular weight is 459 g/mol. The lowest BCUT2D eigenvalue weighted by molar-refractivity contribution is -0.209. The highest BCUT2D eigenvalue weighted by molar-refractivity contribution is 5.34. The molecule has 5 aliphatic carbocycles. The molecule has 3 N–H and O–H groups in total. The van der Waals surface area contributed by atoms with Crippen molar-refractivity contribution in [2.24, 2.45) is 56.7 Å². The summed E-state index contributed by atoms with van der Waals surface area (Å²) in [5.74, 6) is 2.19. The van der Waals surface area contributed by atoms with Crippen LogP contribution >= 0.6 is 0 Å². The third-order valence-corrected chi connectivity index (χ3v) is 13.5. The molecule has 0 amide bonds. The Bertz CT molecular complexity index is 832. The third kappa shape index (κ3) is 2.85. The third-order valence-electron chi connectivity index (χ3n) is 13.5. The van der Waals surface area contributed by atoms with Crippen LogP contribution in [-0.2, 0) is 0 Å². The Morgan fingerprint density at radius 3 is 2.21 bits per heavy atom. The topological polar surface area (TPSA) is 60.7 Å². The summed E-state index contributed by atoms with van der Waals surface area (Å²) in [4.78, 5) is 0. The van der Waals surface area contributed by atoms with Gasteiger partial charge < -0.3 is 15.3 Å². The van der Waals surface area contributed by atoms with Crippen molar-refractivity contribution in [3.05, 3.63) is 11.6 Å². The molecule has 11 atom stereocenters. The van der Waals surface area contributed by atoms with Crippen LogP contribution in [0.2, 0.25) is 0 Å². The van der Waals surface area contributed by atoms with Crippen LogP contribution in [0.15, 0.2) is 11.6 Å². The molecular weight excluding hydrogens is 408 g/mol. The van der Waals surface area contributed by atoms with Crippen LogP contribution in [0.25, 0.3) is 0 Å². The molecular formula is C30H50O3. The lowest BCUT2D eigenvalue weighted by Crippen LogP contribution is -2.65. The SMILES string of the molecule is C[C@H]1[C@H](CO)C[C@H](O)[C@]2(C)CC[C@]3(C)C(=CC[C@@H]4[C@@]5(C)CC[C@H](O)C(C)(C)[C@@H]5CC[C@]43C)[C@H]12. The molecule has 0 aromatic carbocycles. The van der Waals surface area contributed by atoms with E-state index in [4.69, 9.17) is 0 Å². The smallest absolute Gasteiger partial charge is 0.0603 e. The van der Waals surface area contributed by atoms with E-state index in [-0.39, 0.29) is 51.8 Å². The molecule has 4 saturated carbocycles. The van der Waals surface area contributed by atoms with Crippen LogP contribution in [0, 0.1) is 56.7 Å². The minimum absolute atomic E-state index is 0.0132. The number of hydrogen-bond acceptors (Lipinski definition) is 3. The zero-order valence-electron chi connectivity index (χ0n) is 22.3. The average Bonchev–Trinajstić information content (AvgIpc) is 2.74. The van der Waals surface area contributed by atoms with E-state index in [1.807, 2.05) is 0 Å². The molecule has 4 fully saturated rings. The van der Waals surface area contributed by atoms with Crippen LogP contribution < -0.4 is 0 Å². The number of allylic oxidation sites excluding steroid dienone is 2. The van der Waals surface area contributed by atoms with E-state index in [0.717, 1.165) is 32.1 Å². The van der Waals surface area contributed by atoms with E-state index in [2.05, 4.69) is 54.5 Å². The van der Waals surface area contributed by atoms with Crippen molar-refractivity contribution in [1.82, 2.24) is 0 Å². The first-order valence-electron chi connectivity index (χ1n) is 13.9. The summed E-state index contributed by atoms with van der Waals surface area (Å²) in [6.07, 6.45) is 10.8. The minimum Gasteiger partial charge on any atom is -0.396 e. The van der Waals surface area contributed by atoms with Crippen molar-refractivity contribution >= 4 is 0 Å². The Kier molecular flexibility index (Phi) is 5.40. The van der Waals surface area contributed by atoms with Gasteiger partial charge in [-0.1, -0.05) is 60.1 Å². The Balaban J connectivity index is 1.59. The highest BCUT2D eigenvalue weighted by atomic mass is 16.3. The molecule has 0 aromatic rings. The van der Waals surface area contributed by atoms with Crippen LogP contribution in [0.1, 0.15) is 99.8 Å². The fourth-order valence-electron chi connectivity index (χ4n) is 11.0. The van der Waals surface area contributed by atoms with Crippen LogP contribution in [0.5, 0.6) is 0 Å². The molecule has 0 aliphatic heterocycles. The van der Waals surface area contributed by atoms with E-state index in [9.17, 15) is 15.3 Å². The van der Waals surface area contributed by atoms with E-state index in [0.29, 0.717) is 23.7 Å². The van der Waals surface area contributed by atoms with Gasteiger partial charge in [0.15, 0.2) is 0 Å². The van der Waals surface area contributed by atoms with Gasteiger partial charge in [0.1, 0.15) is 0 Å². The first kappa shape index (κ1) is 24.3. The Morgan fingerprint density at radius 2 is 1.55 bits per heavy atom. The van der Waals surface area contributed by atoms with Gasteiger partial charge in [-0.25, -0.2) is 0 Å². The minimum atomic E-state index is -0.319. The van der Waals surface area contributed by atoms with Gasteiger partial charge in [0.25, 0.3) is 0 Å². The van der Waals surface area contributed by atoms with Gasteiger partial charge in [-0.2, -0.15) is 0 Å². The fraction of sp³-hybridized carbons (Fsp3) is 0.933. The van der Waals surface area contributed by atoms with Crippen molar-refractivity contribution in [3.63, 3.8) is 0 Å². The molecule has 0 aromatic heterocycles. The molecule has 0 spiro atoms. The first-order valence-corrected chi connectivity index (χ1v) is 13.9. The Labute approximate surface area is 202 Å². The molecule has 33 heavy (non-hydrogen) atoms. The second-order valence-electron chi connectivity index (χ2n) is 14.7. The molecule has 5 rings (SSSR count). The van der Waals surface area contributed by atoms with Gasteiger partial charge >= 0.3 is 0 Å². The van der Waals surface area contributed by atoms with Gasteiger partial charge in [-0.3, -0.25) is 0 Å². The van der Waals surface area contributed by atoms with Crippen molar-refractivity contribution < 1.29 is 15.3 Å². The van der Waals surface area contributed by atoms with Gasteiger partial charge in [0, 0.05) is 12.0 Å². The summed E-state index contributed by atoms with van der Waals surface area (Å²) < 4.78 is 0. The standard InChI is InChI=1S/C30H50O3/c1-18-19(17-31)16-24(33)28(5)14-15-29(6)20(25(18)28)8-9-22-27(4)12-11-23(32)26(2,3)21(27)10-13-30(22,29)7/h8,18-19,21-25,31-33H,9-17H2,1-7H3/t18-,19-,21-,22+,23-,24-,25-,27-,28-,29+,30+/m0/s1. The molecule has 0 bridgehead atoms. The summed E-state index contributed by atoms with van der Waals surface area (Å²) in [5, 5.41) is 32.3. The summed E-state index contributed by atoms with van der Waals surface area (Å²) in [6.45, 7) is 17.3. The quantitative estimate of drug-likeness (QED) is 0.424. The van der Waals surface area contributed by atoms with E-state index in [1.165, 1.54) is 19.3 Å². The van der Waals surface area contributed by atoms with Crippen LogP contribution in [-0.4, -0.2) is 34.1 Å². The molecule has 5 aliphatic rings. The molecule has 188 valence electrons. The summed E-state index contributed by atoms with van der Waals surface area (Å²) in [6, 6.07) is 0. The molecule has 0 unspecified atom stereocenters. The zero-order chi connectivity index (χ0) is 24.2. The van der Waals surface area contributed by atoms with Gasteiger partial charge in [0.05, 0.1) is 12.2 Å². The molecule has 3 nitrogen and oxygen atoms in total. The van der Waals surface area contributed by atoms with Crippen LogP contribution in [0.3, 0.4) is 0 Å². The van der Waals surface area contributed by atoms with Gasteiger partial charge in [0.2, 0.25) is 0 Å². The van der Waals surface area contributed by atoms with E-state index < -0.39 is 0 Å². The van der Waals surface area contributed by atoms with E-state index >= 15 is 0 Å². The number of rotatable bonds is 1. The zero-order valence-corrected chi connectivity index (χ0v) is 22.3. The van der Waals surface area contributed by atoms with Crippen molar-refractivity contribution in [2.45, 2.75) is 112 Å². The first-order chi connectivity index (χ1) is 15.3. The van der Waals surface area contributed by atoms with Crippen molar-refractivity contribution in [1.29, 1.82) is 0 Å². The molecule has 0 radical (unpaired) electrons. The normalized spacial score (nSPS) is 57.8. The van der Waals surface area contributed by atoms with Gasteiger partial charge in [-0.15, -0.1) is 0 Å². The largest absolute Gasteiger partial charge is 0.396 e. The highest BCUT2D eigenvalue weighted by Gasteiger charge is 2.68. The molecule has 3 heteroatoms. The number of fused-ring (bicyclic) bond motifs is 7. The molecule has 0 heterocycles. The highest BCUT2D eigenvalue weighted by Crippen LogP contribution is 2.75. The molecule has 0 saturated heterocycles. The predicted octanol–water partition coefficient (Wildman–Crippen LogP) is 5.97. The maximum atomic E-state index is 11.3. The summed E-state index contributed by atoms with van der Waals surface area (Å²) >= 11 is 0. The maximum Gasteiger partial charge on any atom is 0.0603 e. The summed E-state index contributed by atoms with van der Waals surface area (Å²) in [7, 11) is 0. The Hall–Kier alpha value is -0.380. The second-order valence-corrected chi connectivity index (χ2v) is 14.7. The summed E-state index contributed by atoms with van der Waals surface area (Å²) in [5.41, 5.74) is 2.21. The maximum absolute atomic E-state index is 11.3. The Morgan fingerprint density at radius 1 is 0.848 bits per heavy atom. The lowest BCUT2D eigenvalue weighted by atomic mass is 9.33. The van der Waals surface area contributed by atoms with Gasteiger partial charge in [-0.05, 0) is 103 Å². The second kappa shape index (κ2) is 7.32. The van der Waals surface area contributed by atoms with Crippen molar-refractivity contribution in [2.75, 3.05) is 6.61 Å². The predicted molar refractivity (Wildman–Crippen MR) is 133 cm³/mol. The fourth-order valence-corrected chi connectivity index (χ4v) is 11.0. The number of aliphatic hydroxyl groups excluding tert-OH is 3.